The summed E-state index contributed by atoms with van der Waals surface area (Å²) in [6.45, 7) is 4.87. The molecule has 0 radical (unpaired) electrons. The third-order valence-electron chi connectivity index (χ3n) is 1.15. The van der Waals surface area contributed by atoms with Crippen LogP contribution in [0.4, 0.5) is 4.79 Å². The molecule has 0 spiro atoms. The Kier molecular flexibility index (Phi) is 4.74. The van der Waals surface area contributed by atoms with Crippen molar-refractivity contribution in [3.63, 3.8) is 0 Å². The second-order valence-corrected chi connectivity index (χ2v) is 1.95. The van der Waals surface area contributed by atoms with E-state index in [1.165, 1.54) is 4.90 Å². The lowest BCUT2D eigenvalue weighted by Crippen LogP contribution is -2.27. The number of hydrogen-bond acceptors (Lipinski definition) is 2. The first-order chi connectivity index (χ1) is 4.76. The molecule has 0 heterocycles. The first kappa shape index (κ1) is 9.29. The van der Waals surface area contributed by atoms with Crippen molar-refractivity contribution in [2.24, 2.45) is 4.36 Å². The fourth-order valence-electron chi connectivity index (χ4n) is 0.584. The van der Waals surface area contributed by atoms with Gasteiger partial charge in [0.05, 0.1) is 0 Å². The molecule has 2 amide bonds. The molecule has 0 aliphatic heterocycles. The van der Waals surface area contributed by atoms with Crippen LogP contribution in [0.25, 0.3) is 0 Å². The Morgan fingerprint density at radius 1 is 1.50 bits per heavy atom. The van der Waals surface area contributed by atoms with Crippen molar-refractivity contribution in [3.05, 3.63) is 0 Å². The van der Waals surface area contributed by atoms with Crippen LogP contribution < -0.4 is 0 Å². The molecule has 0 rings (SSSR count). The summed E-state index contributed by atoms with van der Waals surface area (Å²) in [5.74, 6) is 0. The Balaban J connectivity index is 4.01. The molecular weight excluding hydrogens is 152 g/mol. The van der Waals surface area contributed by atoms with E-state index in [4.69, 9.17) is 0 Å². The lowest BCUT2D eigenvalue weighted by Gasteiger charge is -2.13. The lowest BCUT2D eigenvalue weighted by atomic mass is 10.5. The maximum Gasteiger partial charge on any atom is 0.356 e. The van der Waals surface area contributed by atoms with Crippen LogP contribution in [-0.4, -0.2) is 28.2 Å². The van der Waals surface area contributed by atoms with Crippen LogP contribution in [0.1, 0.15) is 13.8 Å². The Labute approximate surface area is 63.5 Å². The van der Waals surface area contributed by atoms with Crippen LogP contribution >= 0.6 is 0 Å². The quantitative estimate of drug-likeness (QED) is 0.604. The van der Waals surface area contributed by atoms with Gasteiger partial charge in [-0.05, 0) is 13.8 Å². The van der Waals surface area contributed by atoms with Crippen LogP contribution in [0.15, 0.2) is 4.36 Å². The van der Waals surface area contributed by atoms with Gasteiger partial charge >= 0.3 is 6.03 Å². The highest BCUT2D eigenvalue weighted by atomic mass is 32.1. The molecule has 10 heavy (non-hydrogen) atoms. The molecule has 0 aliphatic carbocycles. The van der Waals surface area contributed by atoms with Crippen molar-refractivity contribution in [1.82, 2.24) is 4.90 Å². The molecule has 5 heteroatoms. The minimum absolute atomic E-state index is 0.0474. The predicted octanol–water partition coefficient (Wildman–Crippen LogP) is 0.845. The largest absolute Gasteiger partial charge is 0.356 e. The summed E-state index contributed by atoms with van der Waals surface area (Å²) < 4.78 is 12.9. The van der Waals surface area contributed by atoms with Gasteiger partial charge in [0.1, 0.15) is 0 Å². The van der Waals surface area contributed by atoms with Crippen LogP contribution in [-0.2, 0) is 11.5 Å². The molecule has 0 aliphatic rings. The second kappa shape index (κ2) is 5.10. The van der Waals surface area contributed by atoms with Crippen LogP contribution in [0.2, 0.25) is 0 Å². The van der Waals surface area contributed by atoms with Gasteiger partial charge in [0.2, 0.25) is 11.5 Å². The monoisotopic (exact) mass is 162 g/mol. The third-order valence-corrected chi connectivity index (χ3v) is 1.38. The van der Waals surface area contributed by atoms with Gasteiger partial charge in [0, 0.05) is 13.1 Å². The minimum atomic E-state index is -0.440. The molecule has 0 aromatic rings. The smallest absolute Gasteiger partial charge is 0.323 e. The molecule has 0 unspecified atom stereocenters. The fraction of sp³-hybridized carbons (Fsp3) is 0.800. The van der Waals surface area contributed by atoms with E-state index in [-0.39, 0.29) is 11.5 Å². The summed E-state index contributed by atoms with van der Waals surface area (Å²) in [5, 5.41) is 0. The van der Waals surface area contributed by atoms with Crippen LogP contribution in [0.3, 0.4) is 0 Å². The average molecular weight is 162 g/mol. The summed E-state index contributed by atoms with van der Waals surface area (Å²) in [6.07, 6.45) is 0. The van der Waals surface area contributed by atoms with Gasteiger partial charge in [-0.15, -0.1) is 0 Å². The number of amides is 2. The number of hydrogen-bond donors (Lipinski definition) is 0. The molecule has 0 saturated heterocycles. The van der Waals surface area contributed by atoms with E-state index in [0.717, 1.165) is 0 Å². The molecule has 0 bridgehead atoms. The van der Waals surface area contributed by atoms with Crippen molar-refractivity contribution >= 4 is 17.5 Å². The Bertz CT molecular complexity index is 161. The van der Waals surface area contributed by atoms with Crippen molar-refractivity contribution in [2.45, 2.75) is 13.8 Å². The van der Waals surface area contributed by atoms with E-state index in [2.05, 4.69) is 4.36 Å². The summed E-state index contributed by atoms with van der Waals surface area (Å²) in [7, 11) is 0. The van der Waals surface area contributed by atoms with Crippen molar-refractivity contribution in [3.8, 4) is 0 Å². The average Bonchev–Trinajstić information content (AvgIpc) is 1.91. The molecule has 0 N–H and O–H groups in total. The molecule has 0 saturated carbocycles. The van der Waals surface area contributed by atoms with Gasteiger partial charge in [-0.3, -0.25) is 0 Å². The summed E-state index contributed by atoms with van der Waals surface area (Å²) in [4.78, 5) is 12.2. The second-order valence-electron chi connectivity index (χ2n) is 1.62. The van der Waals surface area contributed by atoms with Crippen LogP contribution in [0, 0.1) is 0 Å². The zero-order chi connectivity index (χ0) is 7.98. The number of carbonyl (C=O) groups excluding carboxylic acids is 1. The number of carbonyl (C=O) groups is 1. The summed E-state index contributed by atoms with van der Waals surface area (Å²) in [6, 6.07) is -0.440. The molecule has 58 valence electrons. The number of nitrogens with zero attached hydrogens (tertiary/aromatic N) is 2. The summed E-state index contributed by atoms with van der Waals surface area (Å²) in [5.41, 5.74) is 0. The highest BCUT2D eigenvalue weighted by Crippen LogP contribution is 1.90. The van der Waals surface area contributed by atoms with Gasteiger partial charge in [0.15, 0.2) is 0 Å². The van der Waals surface area contributed by atoms with Gasteiger partial charge in [0.25, 0.3) is 0 Å². The lowest BCUT2D eigenvalue weighted by molar-refractivity contribution is 0.214. The third kappa shape index (κ3) is 2.72. The zero-order valence-corrected chi connectivity index (χ0v) is 6.85. The Morgan fingerprint density at radius 2 is 2.00 bits per heavy atom. The molecule has 0 aromatic heterocycles. The van der Waals surface area contributed by atoms with E-state index >= 15 is 0 Å². The van der Waals surface area contributed by atoms with E-state index < -0.39 is 6.03 Å². The first-order valence-corrected chi connectivity index (χ1v) is 3.75. The SMILES string of the molecule is CCN(CC)C(=O)N=S=O. The highest BCUT2D eigenvalue weighted by Gasteiger charge is 2.05. The van der Waals surface area contributed by atoms with Gasteiger partial charge < -0.3 is 4.90 Å². The molecule has 0 atom stereocenters. The molecular formula is C5H10N2O2S. The van der Waals surface area contributed by atoms with Crippen molar-refractivity contribution in [1.29, 1.82) is 0 Å². The maximum atomic E-state index is 10.7. The van der Waals surface area contributed by atoms with E-state index in [1.54, 1.807) is 0 Å². The van der Waals surface area contributed by atoms with E-state index in [0.29, 0.717) is 13.1 Å². The zero-order valence-electron chi connectivity index (χ0n) is 6.03. The summed E-state index contributed by atoms with van der Waals surface area (Å²) >= 11 is -0.0474. The van der Waals surface area contributed by atoms with E-state index in [9.17, 15) is 9.00 Å². The predicted molar refractivity (Wildman–Crippen MR) is 38.9 cm³/mol. The van der Waals surface area contributed by atoms with Crippen LogP contribution in [0.5, 0.6) is 0 Å². The minimum Gasteiger partial charge on any atom is -0.323 e. The maximum absolute atomic E-state index is 10.7. The molecule has 0 fully saturated rings. The molecule has 4 nitrogen and oxygen atoms in total. The Morgan fingerprint density at radius 3 is 2.30 bits per heavy atom. The fourth-order valence-corrected chi connectivity index (χ4v) is 0.763. The number of rotatable bonds is 2. The van der Waals surface area contributed by atoms with Crippen molar-refractivity contribution < 1.29 is 9.00 Å². The first-order valence-electron chi connectivity index (χ1n) is 3.05. The normalized spacial score (nSPS) is 8.60. The van der Waals surface area contributed by atoms with Gasteiger partial charge in [-0.2, -0.15) is 4.21 Å². The highest BCUT2D eigenvalue weighted by molar-refractivity contribution is 7.55. The van der Waals surface area contributed by atoms with Gasteiger partial charge in [-0.1, -0.05) is 4.36 Å². The Hall–Kier alpha value is -0.710. The topological polar surface area (TPSA) is 49.7 Å². The molecule has 0 aromatic carbocycles. The number of urea groups is 1. The standard InChI is InChI=1S/C5H10N2O2S/c1-3-7(4-2)5(8)6-10-9/h3-4H2,1-2H3. The van der Waals surface area contributed by atoms with Crippen molar-refractivity contribution in [2.75, 3.05) is 13.1 Å². The van der Waals surface area contributed by atoms with E-state index in [1.807, 2.05) is 13.8 Å². The van der Waals surface area contributed by atoms with Gasteiger partial charge in [-0.25, -0.2) is 4.79 Å².